The zero-order valence-corrected chi connectivity index (χ0v) is 7.18. The van der Waals surface area contributed by atoms with Gasteiger partial charge in [0.25, 0.3) is 0 Å². The molecular formula is C8H16N2O. The third-order valence-corrected chi connectivity index (χ3v) is 2.00. The molecule has 1 aliphatic carbocycles. The van der Waals surface area contributed by atoms with Crippen LogP contribution < -0.4 is 10.9 Å². The van der Waals surface area contributed by atoms with Crippen LogP contribution in [-0.4, -0.2) is 11.9 Å². The predicted molar refractivity (Wildman–Crippen MR) is 43.8 cm³/mol. The number of hydrogen-bond acceptors (Lipinski definition) is 2. The first-order chi connectivity index (χ1) is 5.24. The SMILES string of the molecule is CCC(C)NNC(=O)C1CC1. The highest BCUT2D eigenvalue weighted by atomic mass is 16.2. The topological polar surface area (TPSA) is 41.1 Å². The summed E-state index contributed by atoms with van der Waals surface area (Å²) in [6.07, 6.45) is 3.16. The standard InChI is InChI=1S/C8H16N2O/c1-3-6(2)9-10-8(11)7-4-5-7/h6-7,9H,3-5H2,1-2H3,(H,10,11). The molecule has 0 radical (unpaired) electrons. The fourth-order valence-electron chi connectivity index (χ4n) is 0.744. The highest BCUT2D eigenvalue weighted by Crippen LogP contribution is 2.28. The summed E-state index contributed by atoms with van der Waals surface area (Å²) in [5.74, 6) is 0.455. The third-order valence-electron chi connectivity index (χ3n) is 2.00. The van der Waals surface area contributed by atoms with E-state index in [1.165, 1.54) is 0 Å². The van der Waals surface area contributed by atoms with Crippen LogP contribution in [-0.2, 0) is 4.79 Å². The van der Waals surface area contributed by atoms with Gasteiger partial charge in [0.1, 0.15) is 0 Å². The molecule has 3 heteroatoms. The minimum absolute atomic E-state index is 0.158. The molecule has 2 N–H and O–H groups in total. The molecule has 1 fully saturated rings. The monoisotopic (exact) mass is 156 g/mol. The van der Waals surface area contributed by atoms with Crippen molar-refractivity contribution in [1.82, 2.24) is 10.9 Å². The lowest BCUT2D eigenvalue weighted by atomic mass is 10.3. The Kier molecular flexibility index (Phi) is 2.88. The molecular weight excluding hydrogens is 140 g/mol. The average Bonchev–Trinajstić information content (AvgIpc) is 2.81. The molecule has 0 heterocycles. The summed E-state index contributed by atoms with van der Waals surface area (Å²) in [4.78, 5) is 11.1. The van der Waals surface area contributed by atoms with Crippen LogP contribution in [0.4, 0.5) is 0 Å². The van der Waals surface area contributed by atoms with Crippen LogP contribution in [0.5, 0.6) is 0 Å². The van der Waals surface area contributed by atoms with Gasteiger partial charge in [0.2, 0.25) is 5.91 Å². The zero-order chi connectivity index (χ0) is 8.27. The molecule has 0 bridgehead atoms. The van der Waals surface area contributed by atoms with Crippen molar-refractivity contribution in [2.75, 3.05) is 0 Å². The Morgan fingerprint density at radius 1 is 1.64 bits per heavy atom. The molecule has 0 aliphatic heterocycles. The fraction of sp³-hybridized carbons (Fsp3) is 0.875. The first-order valence-electron chi connectivity index (χ1n) is 4.29. The van der Waals surface area contributed by atoms with Crippen molar-refractivity contribution in [3.63, 3.8) is 0 Å². The summed E-state index contributed by atoms with van der Waals surface area (Å²) in [7, 11) is 0. The van der Waals surface area contributed by atoms with Crippen LogP contribution >= 0.6 is 0 Å². The largest absolute Gasteiger partial charge is 0.291 e. The van der Waals surface area contributed by atoms with Gasteiger partial charge in [-0.05, 0) is 26.2 Å². The molecule has 0 saturated heterocycles. The second-order valence-electron chi connectivity index (χ2n) is 3.22. The zero-order valence-electron chi connectivity index (χ0n) is 7.18. The van der Waals surface area contributed by atoms with Crippen molar-refractivity contribution in [2.24, 2.45) is 5.92 Å². The molecule has 1 unspecified atom stereocenters. The summed E-state index contributed by atoms with van der Waals surface area (Å²) < 4.78 is 0. The molecule has 11 heavy (non-hydrogen) atoms. The maximum Gasteiger partial charge on any atom is 0.237 e. The van der Waals surface area contributed by atoms with Gasteiger partial charge in [0, 0.05) is 12.0 Å². The van der Waals surface area contributed by atoms with Gasteiger partial charge in [-0.1, -0.05) is 6.92 Å². The Morgan fingerprint density at radius 3 is 2.73 bits per heavy atom. The fourth-order valence-corrected chi connectivity index (χ4v) is 0.744. The molecule has 1 saturated carbocycles. The van der Waals surface area contributed by atoms with E-state index in [1.54, 1.807) is 0 Å². The van der Waals surface area contributed by atoms with Gasteiger partial charge in [-0.2, -0.15) is 0 Å². The highest BCUT2D eigenvalue weighted by molar-refractivity contribution is 5.80. The van der Waals surface area contributed by atoms with Crippen molar-refractivity contribution < 1.29 is 4.79 Å². The lowest BCUT2D eigenvalue weighted by Gasteiger charge is -2.11. The van der Waals surface area contributed by atoms with E-state index in [0.29, 0.717) is 12.0 Å². The van der Waals surface area contributed by atoms with Crippen molar-refractivity contribution >= 4 is 5.91 Å². The third kappa shape index (κ3) is 2.89. The summed E-state index contributed by atoms with van der Waals surface area (Å²) in [6.45, 7) is 4.13. The number of nitrogens with one attached hydrogen (secondary N) is 2. The van der Waals surface area contributed by atoms with Crippen LogP contribution in [0.25, 0.3) is 0 Å². The highest BCUT2D eigenvalue weighted by Gasteiger charge is 2.29. The molecule has 0 aromatic rings. The van der Waals surface area contributed by atoms with E-state index >= 15 is 0 Å². The van der Waals surface area contributed by atoms with Gasteiger partial charge >= 0.3 is 0 Å². The van der Waals surface area contributed by atoms with Gasteiger partial charge in [0.15, 0.2) is 0 Å². The van der Waals surface area contributed by atoms with E-state index in [9.17, 15) is 4.79 Å². The van der Waals surface area contributed by atoms with E-state index in [0.717, 1.165) is 19.3 Å². The van der Waals surface area contributed by atoms with Crippen LogP contribution in [0.1, 0.15) is 33.1 Å². The van der Waals surface area contributed by atoms with Crippen LogP contribution in [0.2, 0.25) is 0 Å². The Balaban J connectivity index is 2.05. The van der Waals surface area contributed by atoms with Crippen LogP contribution in [0.3, 0.4) is 0 Å². The Morgan fingerprint density at radius 2 is 2.27 bits per heavy atom. The average molecular weight is 156 g/mol. The molecule has 1 amide bonds. The smallest absolute Gasteiger partial charge is 0.237 e. The van der Waals surface area contributed by atoms with E-state index < -0.39 is 0 Å². The van der Waals surface area contributed by atoms with Gasteiger partial charge < -0.3 is 0 Å². The quantitative estimate of drug-likeness (QED) is 0.591. The van der Waals surface area contributed by atoms with E-state index in [-0.39, 0.29) is 5.91 Å². The molecule has 0 spiro atoms. The Bertz CT molecular complexity index is 143. The lowest BCUT2D eigenvalue weighted by molar-refractivity contribution is -0.123. The maximum atomic E-state index is 11.1. The van der Waals surface area contributed by atoms with Crippen LogP contribution in [0, 0.1) is 5.92 Å². The molecule has 64 valence electrons. The molecule has 1 atom stereocenters. The number of rotatable bonds is 4. The molecule has 0 aromatic heterocycles. The molecule has 1 aliphatic rings. The van der Waals surface area contributed by atoms with E-state index in [2.05, 4.69) is 17.8 Å². The van der Waals surface area contributed by atoms with Crippen molar-refractivity contribution in [3.05, 3.63) is 0 Å². The summed E-state index contributed by atoms with van der Waals surface area (Å²) >= 11 is 0. The minimum Gasteiger partial charge on any atom is -0.291 e. The van der Waals surface area contributed by atoms with Gasteiger partial charge in [-0.15, -0.1) is 0 Å². The van der Waals surface area contributed by atoms with E-state index in [4.69, 9.17) is 0 Å². The first kappa shape index (κ1) is 8.53. The van der Waals surface area contributed by atoms with Crippen molar-refractivity contribution in [1.29, 1.82) is 0 Å². The number of carbonyl (C=O) groups excluding carboxylic acids is 1. The number of hydrogen-bond donors (Lipinski definition) is 2. The maximum absolute atomic E-state index is 11.1. The summed E-state index contributed by atoms with van der Waals surface area (Å²) in [5, 5.41) is 0. The van der Waals surface area contributed by atoms with Gasteiger partial charge in [-0.3, -0.25) is 10.2 Å². The number of amides is 1. The minimum atomic E-state index is 0.158. The molecule has 3 nitrogen and oxygen atoms in total. The number of hydrazine groups is 1. The second kappa shape index (κ2) is 3.72. The van der Waals surface area contributed by atoms with Crippen molar-refractivity contribution in [3.8, 4) is 0 Å². The second-order valence-corrected chi connectivity index (χ2v) is 3.22. The Labute approximate surface area is 67.5 Å². The van der Waals surface area contributed by atoms with E-state index in [1.807, 2.05) is 6.92 Å². The van der Waals surface area contributed by atoms with Gasteiger partial charge in [-0.25, -0.2) is 5.43 Å². The lowest BCUT2D eigenvalue weighted by Crippen LogP contribution is -2.43. The number of carbonyl (C=O) groups is 1. The normalized spacial score (nSPS) is 19.5. The summed E-state index contributed by atoms with van der Waals surface area (Å²) in [5.41, 5.74) is 5.66. The first-order valence-corrected chi connectivity index (χ1v) is 4.29. The molecule has 0 aromatic carbocycles. The van der Waals surface area contributed by atoms with Crippen LogP contribution in [0.15, 0.2) is 0 Å². The predicted octanol–water partition coefficient (Wildman–Crippen LogP) is 0.816. The summed E-state index contributed by atoms with van der Waals surface area (Å²) in [6, 6.07) is 0.373. The van der Waals surface area contributed by atoms with Crippen molar-refractivity contribution in [2.45, 2.75) is 39.2 Å². The van der Waals surface area contributed by atoms with Gasteiger partial charge in [0.05, 0.1) is 0 Å². The molecule has 1 rings (SSSR count). The Hall–Kier alpha value is -0.570.